The summed E-state index contributed by atoms with van der Waals surface area (Å²) in [5.74, 6) is -1.00. The van der Waals surface area contributed by atoms with Crippen LogP contribution in [0.3, 0.4) is 0 Å². The number of carbonyl (C=O) groups excluding carboxylic acids is 1. The van der Waals surface area contributed by atoms with Crippen molar-refractivity contribution in [3.8, 4) is 0 Å². The second-order valence-electron chi connectivity index (χ2n) is 4.40. The lowest BCUT2D eigenvalue weighted by Gasteiger charge is -2.28. The van der Waals surface area contributed by atoms with E-state index in [1.165, 1.54) is 6.92 Å². The Kier molecular flexibility index (Phi) is 4.58. The van der Waals surface area contributed by atoms with E-state index >= 15 is 0 Å². The summed E-state index contributed by atoms with van der Waals surface area (Å²) in [5, 5.41) is 11.2. The van der Waals surface area contributed by atoms with Gasteiger partial charge in [0.2, 0.25) is 0 Å². The largest absolute Gasteiger partial charge is 0.480 e. The normalized spacial score (nSPS) is 23.4. The highest BCUT2D eigenvalue weighted by Crippen LogP contribution is 2.16. The van der Waals surface area contributed by atoms with Crippen LogP contribution in [0.5, 0.6) is 0 Å². The van der Waals surface area contributed by atoms with Crippen molar-refractivity contribution < 1.29 is 14.7 Å². The van der Waals surface area contributed by atoms with E-state index in [1.807, 2.05) is 6.92 Å². The lowest BCUT2D eigenvalue weighted by atomic mass is 10.1. The van der Waals surface area contributed by atoms with Crippen LogP contribution in [0.25, 0.3) is 0 Å². The molecule has 16 heavy (non-hydrogen) atoms. The number of nitrogens with zero attached hydrogens (tertiary/aromatic N) is 1. The Morgan fingerprint density at radius 2 is 2.06 bits per heavy atom. The van der Waals surface area contributed by atoms with Crippen molar-refractivity contribution in [2.24, 2.45) is 0 Å². The zero-order chi connectivity index (χ0) is 12.1. The van der Waals surface area contributed by atoms with Crippen LogP contribution < -0.4 is 5.32 Å². The third-order valence-corrected chi connectivity index (χ3v) is 3.02. The van der Waals surface area contributed by atoms with Gasteiger partial charge in [0.1, 0.15) is 6.04 Å². The molecule has 1 heterocycles. The van der Waals surface area contributed by atoms with Crippen molar-refractivity contribution in [1.29, 1.82) is 0 Å². The molecule has 1 saturated heterocycles. The van der Waals surface area contributed by atoms with Crippen LogP contribution in [-0.2, 0) is 4.79 Å². The molecule has 1 aliphatic heterocycles. The van der Waals surface area contributed by atoms with Crippen molar-refractivity contribution in [2.75, 3.05) is 6.54 Å². The zero-order valence-electron chi connectivity index (χ0n) is 9.90. The Labute approximate surface area is 95.8 Å². The van der Waals surface area contributed by atoms with Gasteiger partial charge in [-0.05, 0) is 26.7 Å². The molecule has 0 saturated carbocycles. The van der Waals surface area contributed by atoms with Crippen molar-refractivity contribution >= 4 is 12.0 Å². The molecule has 0 aromatic rings. The number of amides is 2. The van der Waals surface area contributed by atoms with E-state index in [-0.39, 0.29) is 12.1 Å². The number of likely N-dealkylation sites (tertiary alicyclic amines) is 1. The van der Waals surface area contributed by atoms with Crippen LogP contribution >= 0.6 is 0 Å². The minimum atomic E-state index is -1.00. The van der Waals surface area contributed by atoms with E-state index in [9.17, 15) is 9.59 Å². The molecule has 2 N–H and O–H groups in total. The van der Waals surface area contributed by atoms with E-state index in [2.05, 4.69) is 5.32 Å². The number of nitrogens with one attached hydrogen (secondary N) is 1. The van der Waals surface area contributed by atoms with Crippen LogP contribution in [0.15, 0.2) is 0 Å². The predicted molar refractivity (Wildman–Crippen MR) is 60.3 cm³/mol. The molecular formula is C11H20N2O3. The van der Waals surface area contributed by atoms with Crippen LogP contribution in [0, 0.1) is 0 Å². The Morgan fingerprint density at radius 1 is 1.38 bits per heavy atom. The second kappa shape index (κ2) is 5.72. The fourth-order valence-corrected chi connectivity index (χ4v) is 1.91. The van der Waals surface area contributed by atoms with E-state index in [0.29, 0.717) is 0 Å². The van der Waals surface area contributed by atoms with Gasteiger partial charge >= 0.3 is 12.0 Å². The first-order valence-corrected chi connectivity index (χ1v) is 5.82. The lowest BCUT2D eigenvalue weighted by Crippen LogP contribution is -2.49. The van der Waals surface area contributed by atoms with Crippen molar-refractivity contribution in [3.63, 3.8) is 0 Å². The number of hydrogen-bond donors (Lipinski definition) is 2. The molecular weight excluding hydrogens is 208 g/mol. The fourth-order valence-electron chi connectivity index (χ4n) is 1.91. The maximum Gasteiger partial charge on any atom is 0.325 e. The standard InChI is InChI=1S/C11H20N2O3/c1-8-6-4-3-5-7-13(8)11(16)12-9(2)10(14)15/h8-9H,3-7H2,1-2H3,(H,12,16)(H,14,15)/t8?,9-/m1/s1. The summed E-state index contributed by atoms with van der Waals surface area (Å²) in [6.07, 6.45) is 4.27. The topological polar surface area (TPSA) is 69.6 Å². The Morgan fingerprint density at radius 3 is 2.69 bits per heavy atom. The summed E-state index contributed by atoms with van der Waals surface area (Å²) in [6.45, 7) is 4.21. The molecule has 1 rings (SSSR count). The molecule has 2 atom stereocenters. The van der Waals surface area contributed by atoms with Crippen LogP contribution in [0.2, 0.25) is 0 Å². The number of carbonyl (C=O) groups is 2. The summed E-state index contributed by atoms with van der Waals surface area (Å²) in [7, 11) is 0. The van der Waals surface area contributed by atoms with Gasteiger partial charge in [-0.3, -0.25) is 4.79 Å². The van der Waals surface area contributed by atoms with E-state index < -0.39 is 12.0 Å². The van der Waals surface area contributed by atoms with Gasteiger partial charge in [-0.1, -0.05) is 12.8 Å². The van der Waals surface area contributed by atoms with Gasteiger partial charge in [0.25, 0.3) is 0 Å². The molecule has 1 unspecified atom stereocenters. The molecule has 92 valence electrons. The van der Waals surface area contributed by atoms with Crippen LogP contribution in [0.1, 0.15) is 39.5 Å². The van der Waals surface area contributed by atoms with Crippen molar-refractivity contribution in [2.45, 2.75) is 51.6 Å². The number of urea groups is 1. The molecule has 2 amide bonds. The van der Waals surface area contributed by atoms with E-state index in [4.69, 9.17) is 5.11 Å². The first-order valence-electron chi connectivity index (χ1n) is 5.82. The highest BCUT2D eigenvalue weighted by molar-refractivity contribution is 5.82. The highest BCUT2D eigenvalue weighted by atomic mass is 16.4. The number of rotatable bonds is 2. The second-order valence-corrected chi connectivity index (χ2v) is 4.40. The maximum atomic E-state index is 11.8. The summed E-state index contributed by atoms with van der Waals surface area (Å²) < 4.78 is 0. The number of aliphatic carboxylic acids is 1. The first kappa shape index (κ1) is 12.8. The number of carboxylic acid groups (broad SMARTS) is 1. The van der Waals surface area contributed by atoms with Crippen molar-refractivity contribution in [1.82, 2.24) is 10.2 Å². The van der Waals surface area contributed by atoms with E-state index in [0.717, 1.165) is 32.2 Å². The smallest absolute Gasteiger partial charge is 0.325 e. The molecule has 0 aliphatic carbocycles. The molecule has 5 heteroatoms. The quantitative estimate of drug-likeness (QED) is 0.751. The van der Waals surface area contributed by atoms with Gasteiger partial charge in [0, 0.05) is 12.6 Å². The Balaban J connectivity index is 2.53. The van der Waals surface area contributed by atoms with Gasteiger partial charge in [-0.2, -0.15) is 0 Å². The molecule has 0 aromatic heterocycles. The summed E-state index contributed by atoms with van der Waals surface area (Å²) >= 11 is 0. The Bertz CT molecular complexity index is 268. The molecule has 0 spiro atoms. The van der Waals surface area contributed by atoms with Crippen molar-refractivity contribution in [3.05, 3.63) is 0 Å². The average Bonchev–Trinajstić information content (AvgIpc) is 2.42. The molecule has 5 nitrogen and oxygen atoms in total. The summed E-state index contributed by atoms with van der Waals surface area (Å²) in [5.41, 5.74) is 0. The molecule has 0 aromatic carbocycles. The highest BCUT2D eigenvalue weighted by Gasteiger charge is 2.24. The van der Waals surface area contributed by atoms with Gasteiger partial charge < -0.3 is 15.3 Å². The van der Waals surface area contributed by atoms with Crippen LogP contribution in [0.4, 0.5) is 4.79 Å². The average molecular weight is 228 g/mol. The zero-order valence-corrected chi connectivity index (χ0v) is 9.90. The SMILES string of the molecule is CC1CCCCCN1C(=O)N[C@H](C)C(=O)O. The third-order valence-electron chi connectivity index (χ3n) is 3.02. The summed E-state index contributed by atoms with van der Waals surface area (Å²) in [6, 6.07) is -0.893. The maximum absolute atomic E-state index is 11.8. The minimum Gasteiger partial charge on any atom is -0.480 e. The monoisotopic (exact) mass is 228 g/mol. The van der Waals surface area contributed by atoms with Gasteiger partial charge in [0.05, 0.1) is 0 Å². The predicted octanol–water partition coefficient (Wildman–Crippen LogP) is 1.43. The molecule has 1 aliphatic rings. The molecule has 0 radical (unpaired) electrons. The third kappa shape index (κ3) is 3.40. The minimum absolute atomic E-state index is 0.198. The number of carboxylic acids is 1. The molecule has 1 fully saturated rings. The van der Waals surface area contributed by atoms with Gasteiger partial charge in [-0.25, -0.2) is 4.79 Å². The van der Waals surface area contributed by atoms with E-state index in [1.54, 1.807) is 4.90 Å². The Hall–Kier alpha value is -1.26. The van der Waals surface area contributed by atoms with Gasteiger partial charge in [0.15, 0.2) is 0 Å². The number of hydrogen-bond acceptors (Lipinski definition) is 2. The molecule has 0 bridgehead atoms. The lowest BCUT2D eigenvalue weighted by molar-refractivity contribution is -0.138. The van der Waals surface area contributed by atoms with Gasteiger partial charge in [-0.15, -0.1) is 0 Å². The first-order chi connectivity index (χ1) is 7.52. The fraction of sp³-hybridized carbons (Fsp3) is 0.818. The summed E-state index contributed by atoms with van der Waals surface area (Å²) in [4.78, 5) is 24.2. The van der Waals surface area contributed by atoms with Crippen LogP contribution in [-0.4, -0.2) is 40.6 Å².